The van der Waals surface area contributed by atoms with Crippen LogP contribution in [0, 0.1) is 0 Å². The van der Waals surface area contributed by atoms with E-state index in [1.54, 1.807) is 4.90 Å². The molecule has 19 heavy (non-hydrogen) atoms. The molecule has 0 bridgehead atoms. The van der Waals surface area contributed by atoms with Gasteiger partial charge in [0, 0.05) is 13.1 Å². The van der Waals surface area contributed by atoms with Gasteiger partial charge in [0.25, 0.3) is 0 Å². The Morgan fingerprint density at radius 1 is 1.37 bits per heavy atom. The second kappa shape index (κ2) is 6.23. The van der Waals surface area contributed by atoms with Gasteiger partial charge < -0.3 is 19.7 Å². The number of hydrogen-bond acceptors (Lipinski definition) is 5. The lowest BCUT2D eigenvalue weighted by molar-refractivity contribution is -0.146. The zero-order valence-electron chi connectivity index (χ0n) is 12.4. The van der Waals surface area contributed by atoms with E-state index in [4.69, 9.17) is 9.47 Å². The SMILES string of the molecule is CCC1C(C(=O)OC)NCCN1C(=O)OC(C)(C)C. The highest BCUT2D eigenvalue weighted by atomic mass is 16.6. The zero-order valence-corrected chi connectivity index (χ0v) is 12.4. The van der Waals surface area contributed by atoms with Gasteiger partial charge in [-0.15, -0.1) is 0 Å². The third kappa shape index (κ3) is 4.09. The van der Waals surface area contributed by atoms with Crippen LogP contribution in [0.1, 0.15) is 34.1 Å². The van der Waals surface area contributed by atoms with Gasteiger partial charge in [0.15, 0.2) is 0 Å². The number of carbonyl (C=O) groups is 2. The Morgan fingerprint density at radius 2 is 2.00 bits per heavy atom. The zero-order chi connectivity index (χ0) is 14.6. The van der Waals surface area contributed by atoms with E-state index < -0.39 is 11.6 Å². The van der Waals surface area contributed by atoms with Crippen LogP contribution in [-0.4, -0.2) is 54.8 Å². The summed E-state index contributed by atoms with van der Waals surface area (Å²) >= 11 is 0. The van der Waals surface area contributed by atoms with Crippen molar-refractivity contribution in [2.24, 2.45) is 0 Å². The molecule has 1 amide bonds. The number of nitrogens with one attached hydrogen (secondary N) is 1. The number of piperazine rings is 1. The molecule has 1 N–H and O–H groups in total. The average molecular weight is 272 g/mol. The van der Waals surface area contributed by atoms with E-state index in [2.05, 4.69) is 5.32 Å². The van der Waals surface area contributed by atoms with Gasteiger partial charge in [-0.3, -0.25) is 4.79 Å². The van der Waals surface area contributed by atoms with E-state index >= 15 is 0 Å². The smallest absolute Gasteiger partial charge is 0.410 e. The summed E-state index contributed by atoms with van der Waals surface area (Å²) in [5, 5.41) is 3.09. The first kappa shape index (κ1) is 15.8. The molecule has 0 aromatic rings. The topological polar surface area (TPSA) is 67.9 Å². The first-order chi connectivity index (χ1) is 8.80. The fourth-order valence-corrected chi connectivity index (χ4v) is 2.19. The summed E-state index contributed by atoms with van der Waals surface area (Å²) < 4.78 is 10.1. The molecule has 6 heteroatoms. The Bertz CT molecular complexity index is 338. The monoisotopic (exact) mass is 272 g/mol. The van der Waals surface area contributed by atoms with Crippen molar-refractivity contribution in [3.8, 4) is 0 Å². The van der Waals surface area contributed by atoms with Crippen LogP contribution in [0.5, 0.6) is 0 Å². The fourth-order valence-electron chi connectivity index (χ4n) is 2.19. The van der Waals surface area contributed by atoms with Crippen molar-refractivity contribution >= 4 is 12.1 Å². The normalized spacial score (nSPS) is 23.9. The molecule has 1 heterocycles. The summed E-state index contributed by atoms with van der Waals surface area (Å²) in [6.45, 7) is 8.49. The Balaban J connectivity index is 2.81. The highest BCUT2D eigenvalue weighted by molar-refractivity contribution is 5.78. The summed E-state index contributed by atoms with van der Waals surface area (Å²) in [4.78, 5) is 25.5. The summed E-state index contributed by atoms with van der Waals surface area (Å²) in [6, 6.07) is -0.729. The molecule has 1 aliphatic heterocycles. The lowest BCUT2D eigenvalue weighted by Gasteiger charge is -2.40. The van der Waals surface area contributed by atoms with Crippen molar-refractivity contribution in [3.05, 3.63) is 0 Å². The molecule has 1 rings (SSSR count). The van der Waals surface area contributed by atoms with Crippen molar-refractivity contribution < 1.29 is 19.1 Å². The van der Waals surface area contributed by atoms with E-state index in [0.717, 1.165) is 0 Å². The summed E-state index contributed by atoms with van der Waals surface area (Å²) in [6.07, 6.45) is 0.279. The van der Waals surface area contributed by atoms with Crippen LogP contribution < -0.4 is 5.32 Å². The number of amides is 1. The number of carbonyl (C=O) groups excluding carboxylic acids is 2. The van der Waals surface area contributed by atoms with Gasteiger partial charge in [-0.25, -0.2) is 4.79 Å². The number of rotatable bonds is 2. The quantitative estimate of drug-likeness (QED) is 0.764. The highest BCUT2D eigenvalue weighted by Crippen LogP contribution is 2.18. The molecule has 1 aliphatic rings. The maximum absolute atomic E-state index is 12.2. The molecule has 0 aliphatic carbocycles. The predicted molar refractivity (Wildman–Crippen MR) is 70.8 cm³/mol. The van der Waals surface area contributed by atoms with E-state index in [9.17, 15) is 9.59 Å². The third-order valence-corrected chi connectivity index (χ3v) is 3.00. The molecular formula is C13H24N2O4. The van der Waals surface area contributed by atoms with Gasteiger partial charge in [-0.2, -0.15) is 0 Å². The maximum Gasteiger partial charge on any atom is 0.410 e. The molecule has 6 nitrogen and oxygen atoms in total. The largest absolute Gasteiger partial charge is 0.468 e. The van der Waals surface area contributed by atoms with Gasteiger partial charge >= 0.3 is 12.1 Å². The number of esters is 1. The second-order valence-electron chi connectivity index (χ2n) is 5.60. The molecule has 0 aromatic carbocycles. The van der Waals surface area contributed by atoms with Crippen molar-refractivity contribution in [3.63, 3.8) is 0 Å². The molecule has 2 unspecified atom stereocenters. The number of nitrogens with zero attached hydrogens (tertiary/aromatic N) is 1. The maximum atomic E-state index is 12.2. The minimum absolute atomic E-state index is 0.240. The first-order valence-electron chi connectivity index (χ1n) is 6.61. The Labute approximate surface area is 114 Å². The molecule has 1 fully saturated rings. The molecule has 1 saturated heterocycles. The minimum atomic E-state index is -0.541. The van der Waals surface area contributed by atoms with E-state index in [-0.39, 0.29) is 18.1 Å². The second-order valence-corrected chi connectivity index (χ2v) is 5.60. The van der Waals surface area contributed by atoms with Gasteiger partial charge in [-0.05, 0) is 27.2 Å². The van der Waals surface area contributed by atoms with Crippen LogP contribution in [0.15, 0.2) is 0 Å². The molecule has 2 atom stereocenters. The average Bonchev–Trinajstić information content (AvgIpc) is 2.34. The molecule has 0 saturated carbocycles. The van der Waals surface area contributed by atoms with E-state index in [0.29, 0.717) is 19.5 Å². The van der Waals surface area contributed by atoms with Crippen molar-refractivity contribution in [2.45, 2.75) is 51.8 Å². The highest BCUT2D eigenvalue weighted by Gasteiger charge is 2.39. The lowest BCUT2D eigenvalue weighted by Crippen LogP contribution is -2.62. The molecular weight excluding hydrogens is 248 g/mol. The predicted octanol–water partition coefficient (Wildman–Crippen LogP) is 1.15. The van der Waals surface area contributed by atoms with Crippen LogP contribution in [0.2, 0.25) is 0 Å². The molecule has 110 valence electrons. The Morgan fingerprint density at radius 3 is 2.47 bits per heavy atom. The van der Waals surface area contributed by atoms with Gasteiger partial charge in [0.05, 0.1) is 13.2 Å². The van der Waals surface area contributed by atoms with Crippen LogP contribution in [-0.2, 0) is 14.3 Å². The Kier molecular flexibility index (Phi) is 5.17. The van der Waals surface area contributed by atoms with Gasteiger partial charge in [0.1, 0.15) is 11.6 Å². The number of methoxy groups -OCH3 is 1. The van der Waals surface area contributed by atoms with Gasteiger partial charge in [-0.1, -0.05) is 6.92 Å². The summed E-state index contributed by atoms with van der Waals surface area (Å²) in [5.74, 6) is -0.347. The van der Waals surface area contributed by atoms with E-state index in [1.165, 1.54) is 7.11 Å². The van der Waals surface area contributed by atoms with Crippen molar-refractivity contribution in [2.75, 3.05) is 20.2 Å². The Hall–Kier alpha value is -1.30. The standard InChI is InChI=1S/C13H24N2O4/c1-6-9-10(11(16)18-5)14-7-8-15(9)12(17)19-13(2,3)4/h9-10,14H,6-8H2,1-5H3. The van der Waals surface area contributed by atoms with Crippen LogP contribution in [0.3, 0.4) is 0 Å². The summed E-state index contributed by atoms with van der Waals surface area (Å²) in [7, 11) is 1.35. The molecule has 0 radical (unpaired) electrons. The number of hydrogen-bond donors (Lipinski definition) is 1. The van der Waals surface area contributed by atoms with Gasteiger partial charge in [0.2, 0.25) is 0 Å². The molecule has 0 aromatic heterocycles. The lowest BCUT2D eigenvalue weighted by atomic mass is 10.0. The molecule has 0 spiro atoms. The summed E-state index contributed by atoms with van der Waals surface area (Å²) in [5.41, 5.74) is -0.541. The fraction of sp³-hybridized carbons (Fsp3) is 0.846. The van der Waals surface area contributed by atoms with E-state index in [1.807, 2.05) is 27.7 Å². The van der Waals surface area contributed by atoms with Crippen molar-refractivity contribution in [1.29, 1.82) is 0 Å². The first-order valence-corrected chi connectivity index (χ1v) is 6.61. The van der Waals surface area contributed by atoms with Crippen molar-refractivity contribution in [1.82, 2.24) is 10.2 Å². The third-order valence-electron chi connectivity index (χ3n) is 3.00. The van der Waals surface area contributed by atoms with Crippen LogP contribution >= 0.6 is 0 Å². The minimum Gasteiger partial charge on any atom is -0.468 e. The van der Waals surface area contributed by atoms with Crippen LogP contribution in [0.25, 0.3) is 0 Å². The van der Waals surface area contributed by atoms with Crippen LogP contribution in [0.4, 0.5) is 4.79 Å². The number of ether oxygens (including phenoxy) is 2.